The van der Waals surface area contributed by atoms with Crippen LogP contribution in [0, 0.1) is 12.1 Å². The molecule has 0 saturated heterocycles. The third kappa shape index (κ3) is 4.87. The van der Waals surface area contributed by atoms with Crippen LogP contribution in [-0.4, -0.2) is 0 Å². The summed E-state index contributed by atoms with van der Waals surface area (Å²) in [6.45, 7) is 13.3. The minimum absolute atomic E-state index is 0. The molecule has 0 nitrogen and oxygen atoms in total. The molecule has 2 atom stereocenters. The van der Waals surface area contributed by atoms with Gasteiger partial charge in [0, 0.05) is 0 Å². The molecule has 2 aliphatic carbocycles. The molecule has 0 fully saturated rings. The van der Waals surface area contributed by atoms with Gasteiger partial charge in [0.15, 0.2) is 0 Å². The molecule has 0 radical (unpaired) electrons. The molecule has 0 amide bonds. The maximum atomic E-state index is 3.30. The van der Waals surface area contributed by atoms with Crippen molar-refractivity contribution in [2.45, 2.75) is 53.4 Å². The van der Waals surface area contributed by atoms with Gasteiger partial charge >= 0.3 is 26.2 Å². The Bertz CT molecular complexity index is 777. The molecular weight excluding hydrogens is 450 g/mol. The Hall–Kier alpha value is -0.617. The van der Waals surface area contributed by atoms with E-state index in [4.69, 9.17) is 0 Å². The first-order chi connectivity index (χ1) is 11.4. The molecule has 2 aromatic rings. The third-order valence-electron chi connectivity index (χ3n) is 5.94. The topological polar surface area (TPSA) is 0 Å². The monoisotopic (exact) mass is 474 g/mol. The van der Waals surface area contributed by atoms with Crippen molar-refractivity contribution in [3.05, 3.63) is 81.9 Å². The van der Waals surface area contributed by atoms with Gasteiger partial charge in [-0.3, -0.25) is 0 Å². The largest absolute Gasteiger partial charge is 4.00 e. The fourth-order valence-corrected chi connectivity index (χ4v) is 3.78. The van der Waals surface area contributed by atoms with Gasteiger partial charge in [-0.15, -0.1) is 93.1 Å². The van der Waals surface area contributed by atoms with Crippen LogP contribution in [0.25, 0.3) is 11.1 Å². The van der Waals surface area contributed by atoms with Crippen LogP contribution in [0.15, 0.2) is 47.5 Å². The normalized spacial score (nSPS) is 19.0. The Morgan fingerprint density at radius 2 is 1.00 bits per heavy atom. The predicted molar refractivity (Wildman–Crippen MR) is 104 cm³/mol. The van der Waals surface area contributed by atoms with E-state index in [-0.39, 0.29) is 51.0 Å². The van der Waals surface area contributed by atoms with E-state index < -0.39 is 0 Å². The van der Waals surface area contributed by atoms with Crippen molar-refractivity contribution in [1.29, 1.82) is 0 Å². The number of hydrogen-bond donors (Lipinski definition) is 0. The summed E-state index contributed by atoms with van der Waals surface area (Å²) >= 11 is 0. The van der Waals surface area contributed by atoms with Crippen LogP contribution >= 0.6 is 0 Å². The summed E-state index contributed by atoms with van der Waals surface area (Å²) in [6, 6.07) is 19.1. The number of rotatable bonds is 0. The van der Waals surface area contributed by atoms with Crippen molar-refractivity contribution in [3.8, 4) is 0 Å². The minimum atomic E-state index is 0. The zero-order chi connectivity index (χ0) is 17.4. The summed E-state index contributed by atoms with van der Waals surface area (Å²) in [4.78, 5) is 0. The Morgan fingerprint density at radius 3 is 1.30 bits per heavy atom. The van der Waals surface area contributed by atoms with Crippen LogP contribution in [0.3, 0.4) is 0 Å². The molecule has 2 aromatic carbocycles. The van der Waals surface area contributed by atoms with E-state index in [0.717, 1.165) is 0 Å². The summed E-state index contributed by atoms with van der Waals surface area (Å²) in [5.74, 6) is 1.19. The maximum absolute atomic E-state index is 3.30. The van der Waals surface area contributed by atoms with Gasteiger partial charge in [0.25, 0.3) is 0 Å². The molecule has 0 heterocycles. The molecule has 0 saturated carbocycles. The van der Waals surface area contributed by atoms with E-state index in [1.54, 1.807) is 0 Å². The van der Waals surface area contributed by atoms with Gasteiger partial charge in [-0.1, -0.05) is 41.5 Å². The molecule has 0 aliphatic heterocycles. The van der Waals surface area contributed by atoms with Crippen LogP contribution in [0.2, 0.25) is 0 Å². The van der Waals surface area contributed by atoms with Gasteiger partial charge < -0.3 is 24.8 Å². The van der Waals surface area contributed by atoms with Gasteiger partial charge in [0.1, 0.15) is 0 Å². The first kappa shape index (κ1) is 26.4. The van der Waals surface area contributed by atoms with E-state index in [9.17, 15) is 0 Å². The van der Waals surface area contributed by atoms with Gasteiger partial charge in [-0.25, -0.2) is 0 Å². The Kier molecular flexibility index (Phi) is 10.6. The number of fused-ring (bicyclic) bond motifs is 2. The number of halogens is 2. The molecule has 0 aromatic heterocycles. The summed E-state index contributed by atoms with van der Waals surface area (Å²) in [5, 5.41) is 0. The Labute approximate surface area is 196 Å². The molecule has 3 heteroatoms. The van der Waals surface area contributed by atoms with Crippen LogP contribution in [-0.2, 0) is 26.2 Å². The Morgan fingerprint density at radius 1 is 0.667 bits per heavy atom. The van der Waals surface area contributed by atoms with Crippen molar-refractivity contribution in [2.75, 3.05) is 0 Å². The summed E-state index contributed by atoms with van der Waals surface area (Å²) < 4.78 is 0. The zero-order valence-electron chi connectivity index (χ0n) is 16.9. The van der Waals surface area contributed by atoms with Crippen LogP contribution in [0.1, 0.15) is 75.6 Å². The fourth-order valence-electron chi connectivity index (χ4n) is 3.78. The van der Waals surface area contributed by atoms with Crippen LogP contribution < -0.4 is 24.8 Å². The fraction of sp³-hybridized carbons (Fsp3) is 0.333. The van der Waals surface area contributed by atoms with Gasteiger partial charge in [0.05, 0.1) is 0 Å². The predicted octanol–water partition coefficient (Wildman–Crippen LogP) is 0.800. The molecule has 0 spiro atoms. The summed E-state index contributed by atoms with van der Waals surface area (Å²) in [7, 11) is 0. The summed E-state index contributed by atoms with van der Waals surface area (Å²) in [6.07, 6.45) is 0. The average Bonchev–Trinajstić information content (AvgIpc) is 2.98. The van der Waals surface area contributed by atoms with Gasteiger partial charge in [-0.2, -0.15) is 0 Å². The van der Waals surface area contributed by atoms with E-state index in [1.807, 2.05) is 12.1 Å². The first-order valence-electron chi connectivity index (χ1n) is 8.80. The van der Waals surface area contributed by atoms with Crippen molar-refractivity contribution in [3.63, 3.8) is 0 Å². The Balaban J connectivity index is 0.000000451. The minimum Gasteiger partial charge on any atom is -1.00 e. The molecule has 2 unspecified atom stereocenters. The van der Waals surface area contributed by atoms with E-state index in [1.165, 1.54) is 44.5 Å². The number of benzene rings is 2. The molecule has 4 rings (SSSR count). The third-order valence-corrected chi connectivity index (χ3v) is 5.94. The smallest absolute Gasteiger partial charge is 1.00 e. The molecule has 27 heavy (non-hydrogen) atoms. The van der Waals surface area contributed by atoms with E-state index in [0.29, 0.717) is 11.8 Å². The van der Waals surface area contributed by atoms with Gasteiger partial charge in [0.2, 0.25) is 0 Å². The molecular formula is C24H26Cl2Zr. The maximum Gasteiger partial charge on any atom is 4.00 e. The second-order valence-electron chi connectivity index (χ2n) is 7.06. The second kappa shape index (κ2) is 10.8. The summed E-state index contributed by atoms with van der Waals surface area (Å²) in [5.41, 5.74) is 11.3. The molecule has 0 N–H and O–H groups in total. The quantitative estimate of drug-likeness (QED) is 0.494. The SMILES string of the molecule is CC1=C(C)C(C)c2ccc[c-]c21.CC1=C(C)C(C)c2ccc[c-]c21.[Cl-].[Cl-].[Zr+4]. The van der Waals surface area contributed by atoms with Crippen molar-refractivity contribution in [1.82, 2.24) is 0 Å². The number of hydrogen-bond acceptors (Lipinski definition) is 0. The molecule has 0 bridgehead atoms. The van der Waals surface area contributed by atoms with E-state index in [2.05, 4.69) is 77.9 Å². The molecule has 2 aliphatic rings. The standard InChI is InChI=1S/2C12H13.2ClH.Zr/c2*1-8-9(2)11-6-4-5-7-12(11)10(8)3;;;/h2*4-6,9H,1-3H3;2*1H;/q2*-1;;;+4/p-2. The molecule has 140 valence electrons. The average molecular weight is 477 g/mol. The first-order valence-corrected chi connectivity index (χ1v) is 8.80. The second-order valence-corrected chi connectivity index (χ2v) is 7.06. The number of allylic oxidation sites excluding steroid dienone is 4. The van der Waals surface area contributed by atoms with Crippen molar-refractivity contribution >= 4 is 11.1 Å². The van der Waals surface area contributed by atoms with Crippen LogP contribution in [0.5, 0.6) is 0 Å². The van der Waals surface area contributed by atoms with Crippen molar-refractivity contribution < 1.29 is 51.0 Å². The van der Waals surface area contributed by atoms with Crippen LogP contribution in [0.4, 0.5) is 0 Å². The van der Waals surface area contributed by atoms with Gasteiger partial charge in [-0.05, 0) is 11.8 Å². The van der Waals surface area contributed by atoms with E-state index >= 15 is 0 Å². The zero-order valence-corrected chi connectivity index (χ0v) is 20.8. The van der Waals surface area contributed by atoms with Crippen molar-refractivity contribution in [2.24, 2.45) is 0 Å².